The number of nitrogens with zero attached hydrogens (tertiary/aromatic N) is 3. The minimum absolute atomic E-state index is 0.223. The van der Waals surface area contributed by atoms with Crippen molar-refractivity contribution in [3.05, 3.63) is 89.2 Å². The molecule has 0 aliphatic rings. The highest BCUT2D eigenvalue weighted by Crippen LogP contribution is 2.10. The Hall–Kier alpha value is -3.41. The van der Waals surface area contributed by atoms with Gasteiger partial charge in [-0.25, -0.2) is 4.79 Å². The lowest BCUT2D eigenvalue weighted by atomic mass is 10.1. The summed E-state index contributed by atoms with van der Waals surface area (Å²) in [5, 5.41) is 4.04. The molecule has 1 amide bonds. The summed E-state index contributed by atoms with van der Waals surface area (Å²) in [5.74, 6) is -0.758. The second-order valence-corrected chi connectivity index (χ2v) is 6.88. The van der Waals surface area contributed by atoms with Crippen molar-refractivity contribution < 1.29 is 14.3 Å². The molecular formula is C23H25N3O3. The van der Waals surface area contributed by atoms with Crippen molar-refractivity contribution >= 4 is 11.9 Å². The molecule has 2 aromatic carbocycles. The summed E-state index contributed by atoms with van der Waals surface area (Å²) in [6.45, 7) is 2.50. The fourth-order valence-electron chi connectivity index (χ4n) is 3.00. The van der Waals surface area contributed by atoms with Crippen LogP contribution in [0, 0.1) is 6.92 Å². The minimum atomic E-state index is -0.535. The second kappa shape index (κ2) is 9.68. The van der Waals surface area contributed by atoms with Crippen molar-refractivity contribution in [2.45, 2.75) is 19.9 Å². The lowest BCUT2D eigenvalue weighted by Crippen LogP contribution is -2.36. The molecule has 0 N–H and O–H groups in total. The summed E-state index contributed by atoms with van der Waals surface area (Å²) in [6.07, 6.45) is 2.19. The van der Waals surface area contributed by atoms with Gasteiger partial charge in [0.1, 0.15) is 5.56 Å². The average molecular weight is 391 g/mol. The fourth-order valence-corrected chi connectivity index (χ4v) is 3.00. The van der Waals surface area contributed by atoms with Gasteiger partial charge >= 0.3 is 5.97 Å². The van der Waals surface area contributed by atoms with Gasteiger partial charge in [0.05, 0.1) is 6.20 Å². The Labute approximate surface area is 170 Å². The van der Waals surface area contributed by atoms with E-state index >= 15 is 0 Å². The first-order valence-corrected chi connectivity index (χ1v) is 9.56. The van der Waals surface area contributed by atoms with E-state index in [9.17, 15) is 9.59 Å². The maximum absolute atomic E-state index is 12.8. The molecule has 1 aromatic heterocycles. The Morgan fingerprint density at radius 3 is 2.21 bits per heavy atom. The van der Waals surface area contributed by atoms with Gasteiger partial charge < -0.3 is 9.64 Å². The molecule has 0 unspecified atom stereocenters. The van der Waals surface area contributed by atoms with Crippen molar-refractivity contribution in [2.24, 2.45) is 7.05 Å². The molecule has 0 saturated carbocycles. The van der Waals surface area contributed by atoms with Gasteiger partial charge in [-0.1, -0.05) is 60.7 Å². The van der Waals surface area contributed by atoms with Crippen LogP contribution in [-0.2, 0) is 29.5 Å². The van der Waals surface area contributed by atoms with Crippen molar-refractivity contribution in [1.29, 1.82) is 0 Å². The van der Waals surface area contributed by atoms with Crippen LogP contribution >= 0.6 is 0 Å². The van der Waals surface area contributed by atoms with E-state index in [2.05, 4.69) is 5.10 Å². The van der Waals surface area contributed by atoms with Gasteiger partial charge in [0.15, 0.2) is 6.61 Å². The predicted molar refractivity (Wildman–Crippen MR) is 110 cm³/mol. The van der Waals surface area contributed by atoms with Crippen LogP contribution in [0.5, 0.6) is 0 Å². The number of carbonyl (C=O) groups is 2. The van der Waals surface area contributed by atoms with Gasteiger partial charge in [0, 0.05) is 25.8 Å². The molecule has 0 atom stereocenters. The van der Waals surface area contributed by atoms with Gasteiger partial charge in [0.2, 0.25) is 0 Å². The fraction of sp³-hybridized carbons (Fsp3) is 0.261. The molecule has 6 nitrogen and oxygen atoms in total. The van der Waals surface area contributed by atoms with Crippen LogP contribution in [0.25, 0.3) is 0 Å². The van der Waals surface area contributed by atoms with Crippen LogP contribution in [0.2, 0.25) is 0 Å². The first-order chi connectivity index (χ1) is 14.0. The summed E-state index contributed by atoms with van der Waals surface area (Å²) in [7, 11) is 1.75. The van der Waals surface area contributed by atoms with Crippen LogP contribution in [-0.4, -0.2) is 39.7 Å². The number of amides is 1. The van der Waals surface area contributed by atoms with Crippen LogP contribution in [0.4, 0.5) is 0 Å². The zero-order chi connectivity index (χ0) is 20.6. The molecule has 0 bridgehead atoms. The molecular weight excluding hydrogens is 366 g/mol. The summed E-state index contributed by atoms with van der Waals surface area (Å²) < 4.78 is 6.87. The van der Waals surface area contributed by atoms with E-state index in [0.717, 1.165) is 17.5 Å². The van der Waals surface area contributed by atoms with Gasteiger partial charge in [-0.3, -0.25) is 9.48 Å². The maximum atomic E-state index is 12.8. The number of hydrogen-bond acceptors (Lipinski definition) is 4. The summed E-state index contributed by atoms with van der Waals surface area (Å²) >= 11 is 0. The lowest BCUT2D eigenvalue weighted by Gasteiger charge is -2.23. The Morgan fingerprint density at radius 1 is 1.00 bits per heavy atom. The minimum Gasteiger partial charge on any atom is -0.452 e. The van der Waals surface area contributed by atoms with Gasteiger partial charge in [0.25, 0.3) is 5.91 Å². The topological polar surface area (TPSA) is 64.4 Å². The van der Waals surface area contributed by atoms with E-state index in [0.29, 0.717) is 24.3 Å². The van der Waals surface area contributed by atoms with Gasteiger partial charge in [-0.15, -0.1) is 0 Å². The summed E-state index contributed by atoms with van der Waals surface area (Å²) in [6, 6.07) is 19.8. The predicted octanol–water partition coefficient (Wildman–Crippen LogP) is 3.16. The third kappa shape index (κ3) is 5.54. The largest absolute Gasteiger partial charge is 0.452 e. The summed E-state index contributed by atoms with van der Waals surface area (Å²) in [4.78, 5) is 26.8. The van der Waals surface area contributed by atoms with Crippen LogP contribution < -0.4 is 0 Å². The molecule has 1 heterocycles. The highest BCUT2D eigenvalue weighted by molar-refractivity contribution is 5.92. The molecule has 0 radical (unpaired) electrons. The van der Waals surface area contributed by atoms with Gasteiger partial charge in [-0.05, 0) is 24.5 Å². The molecule has 29 heavy (non-hydrogen) atoms. The van der Waals surface area contributed by atoms with E-state index in [-0.39, 0.29) is 12.5 Å². The van der Waals surface area contributed by atoms with Crippen LogP contribution in [0.15, 0.2) is 66.9 Å². The number of esters is 1. The molecule has 0 aliphatic heterocycles. The monoisotopic (exact) mass is 391 g/mol. The third-order valence-electron chi connectivity index (χ3n) is 4.86. The van der Waals surface area contributed by atoms with Crippen molar-refractivity contribution in [2.75, 3.05) is 13.2 Å². The number of carbonyl (C=O) groups excluding carboxylic acids is 2. The standard InChI is InChI=1S/C23H25N3O3/c1-18-21(15-24-25(18)2)23(28)29-17-22(27)26(16-20-11-7-4-8-12-20)14-13-19-9-5-3-6-10-19/h3-12,15H,13-14,16-17H2,1-2H3. The lowest BCUT2D eigenvalue weighted by molar-refractivity contribution is -0.135. The molecule has 6 heteroatoms. The zero-order valence-corrected chi connectivity index (χ0v) is 16.7. The van der Waals surface area contributed by atoms with Crippen LogP contribution in [0.1, 0.15) is 27.2 Å². The van der Waals surface area contributed by atoms with E-state index < -0.39 is 5.97 Å². The van der Waals surface area contributed by atoms with Crippen molar-refractivity contribution in [3.63, 3.8) is 0 Å². The highest BCUT2D eigenvalue weighted by atomic mass is 16.5. The molecule has 0 saturated heterocycles. The molecule has 0 aliphatic carbocycles. The maximum Gasteiger partial charge on any atom is 0.342 e. The number of benzene rings is 2. The molecule has 0 fully saturated rings. The highest BCUT2D eigenvalue weighted by Gasteiger charge is 2.19. The first-order valence-electron chi connectivity index (χ1n) is 9.56. The Balaban J connectivity index is 1.64. The van der Waals surface area contributed by atoms with Gasteiger partial charge in [-0.2, -0.15) is 5.10 Å². The SMILES string of the molecule is Cc1c(C(=O)OCC(=O)N(CCc2ccccc2)Cc2ccccc2)cnn1C. The van der Waals surface area contributed by atoms with E-state index in [1.165, 1.54) is 6.20 Å². The smallest absolute Gasteiger partial charge is 0.342 e. The number of ether oxygens (including phenoxy) is 1. The first kappa shape index (κ1) is 20.3. The molecule has 3 aromatic rings. The quantitative estimate of drug-likeness (QED) is 0.554. The van der Waals surface area contributed by atoms with E-state index in [1.807, 2.05) is 60.7 Å². The average Bonchev–Trinajstić information content (AvgIpc) is 3.09. The molecule has 0 spiro atoms. The zero-order valence-electron chi connectivity index (χ0n) is 16.7. The molecule has 150 valence electrons. The molecule has 3 rings (SSSR count). The normalized spacial score (nSPS) is 10.6. The van der Waals surface area contributed by atoms with E-state index in [4.69, 9.17) is 4.74 Å². The van der Waals surface area contributed by atoms with Crippen molar-refractivity contribution in [3.8, 4) is 0 Å². The Morgan fingerprint density at radius 2 is 1.62 bits per heavy atom. The number of rotatable bonds is 8. The Kier molecular flexibility index (Phi) is 6.79. The summed E-state index contributed by atoms with van der Waals surface area (Å²) in [5.41, 5.74) is 3.26. The number of aryl methyl sites for hydroxylation is 1. The van der Waals surface area contributed by atoms with Crippen LogP contribution in [0.3, 0.4) is 0 Å². The number of aromatic nitrogens is 2. The van der Waals surface area contributed by atoms with Crippen molar-refractivity contribution in [1.82, 2.24) is 14.7 Å². The number of hydrogen-bond donors (Lipinski definition) is 0. The third-order valence-corrected chi connectivity index (χ3v) is 4.86. The second-order valence-electron chi connectivity index (χ2n) is 6.88. The van der Waals surface area contributed by atoms with E-state index in [1.54, 1.807) is 23.6 Å². The Bertz CT molecular complexity index is 952.